The minimum atomic E-state index is -3.39. The molecule has 0 aliphatic carbocycles. The van der Waals surface area contributed by atoms with E-state index in [1.54, 1.807) is 24.3 Å². The standard InChI is InChI=1S/C18H27ClN2O3S/c1-3-17(4-2)20-18(22)15-8-10-21(11-9-15)25(23,24)13-14-6-5-7-16(19)12-14/h5-7,12,15,17H,3-4,8-11,13H2,1-2H3,(H,20,22). The van der Waals surface area contributed by atoms with Crippen LogP contribution in [0, 0.1) is 5.92 Å². The van der Waals surface area contributed by atoms with Crippen molar-refractivity contribution in [2.45, 2.75) is 51.3 Å². The lowest BCUT2D eigenvalue weighted by atomic mass is 9.96. The highest BCUT2D eigenvalue weighted by molar-refractivity contribution is 7.88. The Labute approximate surface area is 155 Å². The van der Waals surface area contributed by atoms with Gasteiger partial charge in [0.25, 0.3) is 0 Å². The van der Waals surface area contributed by atoms with Crippen LogP contribution >= 0.6 is 11.6 Å². The first-order valence-electron chi connectivity index (χ1n) is 8.88. The molecule has 1 fully saturated rings. The third-order valence-electron chi connectivity index (χ3n) is 4.79. The quantitative estimate of drug-likeness (QED) is 0.782. The van der Waals surface area contributed by atoms with Crippen molar-refractivity contribution in [2.24, 2.45) is 5.92 Å². The maximum Gasteiger partial charge on any atom is 0.223 e. The Morgan fingerprint density at radius 3 is 2.48 bits per heavy atom. The molecule has 1 aliphatic rings. The number of hydrogen-bond acceptors (Lipinski definition) is 3. The van der Waals surface area contributed by atoms with Gasteiger partial charge in [-0.05, 0) is 43.4 Å². The monoisotopic (exact) mass is 386 g/mol. The Bertz CT molecular complexity index is 681. The van der Waals surface area contributed by atoms with Crippen LogP contribution < -0.4 is 5.32 Å². The van der Waals surface area contributed by atoms with E-state index in [4.69, 9.17) is 11.6 Å². The number of amides is 1. The van der Waals surface area contributed by atoms with Crippen molar-refractivity contribution >= 4 is 27.5 Å². The molecule has 25 heavy (non-hydrogen) atoms. The summed E-state index contributed by atoms with van der Waals surface area (Å²) >= 11 is 5.93. The maximum absolute atomic E-state index is 12.6. The molecule has 1 N–H and O–H groups in total. The average molecular weight is 387 g/mol. The minimum Gasteiger partial charge on any atom is -0.353 e. The molecule has 1 aromatic rings. The molecule has 1 heterocycles. The smallest absolute Gasteiger partial charge is 0.223 e. The fourth-order valence-corrected chi connectivity index (χ4v) is 4.90. The topological polar surface area (TPSA) is 66.5 Å². The molecule has 0 aromatic heterocycles. The van der Waals surface area contributed by atoms with Gasteiger partial charge in [-0.1, -0.05) is 37.6 Å². The highest BCUT2D eigenvalue weighted by Crippen LogP contribution is 2.23. The molecule has 0 radical (unpaired) electrons. The second-order valence-corrected chi connectivity index (χ2v) is 8.99. The van der Waals surface area contributed by atoms with E-state index in [-0.39, 0.29) is 23.6 Å². The van der Waals surface area contributed by atoms with Crippen LogP contribution in [0.25, 0.3) is 0 Å². The number of rotatable bonds is 7. The van der Waals surface area contributed by atoms with Crippen molar-refractivity contribution in [2.75, 3.05) is 13.1 Å². The fraction of sp³-hybridized carbons (Fsp3) is 0.611. The normalized spacial score (nSPS) is 17.0. The van der Waals surface area contributed by atoms with Crippen molar-refractivity contribution in [3.8, 4) is 0 Å². The molecular weight excluding hydrogens is 360 g/mol. The summed E-state index contributed by atoms with van der Waals surface area (Å²) < 4.78 is 26.7. The molecule has 1 aliphatic heterocycles. The molecule has 0 spiro atoms. The highest BCUT2D eigenvalue weighted by atomic mass is 35.5. The second kappa shape index (κ2) is 9.01. The summed E-state index contributed by atoms with van der Waals surface area (Å²) in [6.45, 7) is 4.90. The molecule has 0 atom stereocenters. The van der Waals surface area contributed by atoms with Crippen molar-refractivity contribution in [1.82, 2.24) is 9.62 Å². The Hall–Kier alpha value is -1.11. The summed E-state index contributed by atoms with van der Waals surface area (Å²) in [4.78, 5) is 12.3. The average Bonchev–Trinajstić information content (AvgIpc) is 2.59. The van der Waals surface area contributed by atoms with Gasteiger partial charge in [0.1, 0.15) is 0 Å². The Morgan fingerprint density at radius 2 is 1.92 bits per heavy atom. The van der Waals surface area contributed by atoms with Crippen molar-refractivity contribution in [3.05, 3.63) is 34.9 Å². The van der Waals surface area contributed by atoms with Gasteiger partial charge in [0.15, 0.2) is 0 Å². The Kier molecular flexibility index (Phi) is 7.28. The van der Waals surface area contributed by atoms with E-state index in [0.29, 0.717) is 36.5 Å². The summed E-state index contributed by atoms with van der Waals surface area (Å²) in [5, 5.41) is 3.60. The van der Waals surface area contributed by atoms with Crippen molar-refractivity contribution < 1.29 is 13.2 Å². The lowest BCUT2D eigenvalue weighted by Gasteiger charge is -2.31. The maximum atomic E-state index is 12.6. The summed E-state index contributed by atoms with van der Waals surface area (Å²) in [6.07, 6.45) is 2.96. The van der Waals surface area contributed by atoms with Crippen LogP contribution in [-0.4, -0.2) is 37.8 Å². The van der Waals surface area contributed by atoms with Crippen LogP contribution in [0.15, 0.2) is 24.3 Å². The summed E-state index contributed by atoms with van der Waals surface area (Å²) in [6, 6.07) is 7.12. The number of halogens is 1. The van der Waals surface area contributed by atoms with E-state index >= 15 is 0 Å². The Balaban J connectivity index is 1.91. The van der Waals surface area contributed by atoms with Crippen LogP contribution in [0.5, 0.6) is 0 Å². The molecular formula is C18H27ClN2O3S. The highest BCUT2D eigenvalue weighted by Gasteiger charge is 2.31. The Morgan fingerprint density at radius 1 is 1.28 bits per heavy atom. The lowest BCUT2D eigenvalue weighted by Crippen LogP contribution is -2.45. The number of hydrogen-bond donors (Lipinski definition) is 1. The number of piperidine rings is 1. The van der Waals surface area contributed by atoms with E-state index in [0.717, 1.165) is 12.8 Å². The molecule has 1 aromatic carbocycles. The largest absolute Gasteiger partial charge is 0.353 e. The van der Waals surface area contributed by atoms with E-state index in [1.807, 2.05) is 0 Å². The van der Waals surface area contributed by atoms with Crippen molar-refractivity contribution in [3.63, 3.8) is 0 Å². The van der Waals surface area contributed by atoms with Gasteiger partial charge < -0.3 is 5.32 Å². The van der Waals surface area contributed by atoms with Gasteiger partial charge in [-0.2, -0.15) is 0 Å². The molecule has 1 amide bonds. The molecule has 0 saturated carbocycles. The number of nitrogens with zero attached hydrogens (tertiary/aromatic N) is 1. The van der Waals surface area contributed by atoms with E-state index in [1.165, 1.54) is 4.31 Å². The summed E-state index contributed by atoms with van der Waals surface area (Å²) in [5.74, 6) is -0.100. The number of carbonyl (C=O) groups is 1. The predicted molar refractivity (Wildman–Crippen MR) is 101 cm³/mol. The first-order valence-corrected chi connectivity index (χ1v) is 10.9. The molecule has 0 unspecified atom stereocenters. The third kappa shape index (κ3) is 5.69. The molecule has 5 nitrogen and oxygen atoms in total. The first kappa shape index (κ1) is 20.2. The molecule has 7 heteroatoms. The number of sulfonamides is 1. The second-order valence-electron chi connectivity index (χ2n) is 6.58. The van der Waals surface area contributed by atoms with Gasteiger partial charge in [0.2, 0.25) is 15.9 Å². The minimum absolute atomic E-state index is 0.0561. The zero-order valence-electron chi connectivity index (χ0n) is 14.9. The van der Waals surface area contributed by atoms with Gasteiger partial charge in [-0.15, -0.1) is 0 Å². The van der Waals surface area contributed by atoms with Crippen molar-refractivity contribution in [1.29, 1.82) is 0 Å². The summed E-state index contributed by atoms with van der Waals surface area (Å²) in [7, 11) is -3.39. The van der Waals surface area contributed by atoms with Crippen LogP contribution in [-0.2, 0) is 20.6 Å². The van der Waals surface area contributed by atoms with Gasteiger partial charge in [0.05, 0.1) is 5.75 Å². The molecule has 2 rings (SSSR count). The number of nitrogens with one attached hydrogen (secondary N) is 1. The zero-order valence-corrected chi connectivity index (χ0v) is 16.4. The van der Waals surface area contributed by atoms with Crippen LogP contribution in [0.2, 0.25) is 5.02 Å². The number of benzene rings is 1. The van der Waals surface area contributed by atoms with Crippen LogP contribution in [0.3, 0.4) is 0 Å². The third-order valence-corrected chi connectivity index (χ3v) is 6.87. The van der Waals surface area contributed by atoms with Crippen LogP contribution in [0.4, 0.5) is 0 Å². The zero-order chi connectivity index (χ0) is 18.4. The molecule has 1 saturated heterocycles. The van der Waals surface area contributed by atoms with Gasteiger partial charge in [0, 0.05) is 30.1 Å². The first-order chi connectivity index (χ1) is 11.9. The van der Waals surface area contributed by atoms with Gasteiger partial charge in [-0.3, -0.25) is 4.79 Å². The predicted octanol–water partition coefficient (Wildman–Crippen LogP) is 3.19. The van der Waals surface area contributed by atoms with Gasteiger partial charge >= 0.3 is 0 Å². The van der Waals surface area contributed by atoms with Gasteiger partial charge in [-0.25, -0.2) is 12.7 Å². The fourth-order valence-electron chi connectivity index (χ4n) is 3.14. The lowest BCUT2D eigenvalue weighted by molar-refractivity contribution is -0.126. The molecule has 140 valence electrons. The summed E-state index contributed by atoms with van der Waals surface area (Å²) in [5.41, 5.74) is 0.682. The number of carbonyl (C=O) groups excluding carboxylic acids is 1. The van der Waals surface area contributed by atoms with E-state index < -0.39 is 10.0 Å². The van der Waals surface area contributed by atoms with Crippen LogP contribution in [0.1, 0.15) is 45.1 Å². The molecule has 0 bridgehead atoms. The SMILES string of the molecule is CCC(CC)NC(=O)C1CCN(S(=O)(=O)Cc2cccc(Cl)c2)CC1. The van der Waals surface area contributed by atoms with E-state index in [2.05, 4.69) is 19.2 Å². The van der Waals surface area contributed by atoms with E-state index in [9.17, 15) is 13.2 Å².